The third-order valence-corrected chi connectivity index (χ3v) is 7.03. The summed E-state index contributed by atoms with van der Waals surface area (Å²) in [5.41, 5.74) is 3.86. The van der Waals surface area contributed by atoms with E-state index in [1.807, 2.05) is 18.2 Å². The summed E-state index contributed by atoms with van der Waals surface area (Å²) in [5.74, 6) is -1.16. The molecule has 0 saturated carbocycles. The van der Waals surface area contributed by atoms with Gasteiger partial charge in [0.25, 0.3) is 0 Å². The lowest BCUT2D eigenvalue weighted by molar-refractivity contribution is -0.136. The Balaban J connectivity index is 1.67. The van der Waals surface area contributed by atoms with Crippen LogP contribution in [0.3, 0.4) is 0 Å². The van der Waals surface area contributed by atoms with Crippen LogP contribution < -0.4 is 4.72 Å². The number of sulfonamides is 1. The van der Waals surface area contributed by atoms with Crippen molar-refractivity contribution in [3.63, 3.8) is 0 Å². The molecule has 2 N–H and O–H groups in total. The number of benzene rings is 3. The maximum atomic E-state index is 13.1. The highest BCUT2D eigenvalue weighted by Crippen LogP contribution is 2.18. The molecule has 0 amide bonds. The molecule has 8 heteroatoms. The molecule has 0 aliphatic carbocycles. The van der Waals surface area contributed by atoms with E-state index in [4.69, 9.17) is 16.7 Å². The van der Waals surface area contributed by atoms with Crippen LogP contribution in [0, 0.1) is 5.82 Å². The minimum absolute atomic E-state index is 0.00901. The van der Waals surface area contributed by atoms with E-state index in [-0.39, 0.29) is 23.7 Å². The molecule has 3 rings (SSSR count). The summed E-state index contributed by atoms with van der Waals surface area (Å²) in [6, 6.07) is 18.2. The van der Waals surface area contributed by atoms with Crippen molar-refractivity contribution in [1.82, 2.24) is 4.72 Å². The number of carboxylic acid groups (broad SMARTS) is 1. The van der Waals surface area contributed by atoms with Gasteiger partial charge in [0.1, 0.15) is 5.82 Å². The van der Waals surface area contributed by atoms with E-state index in [1.54, 1.807) is 12.1 Å². The fourth-order valence-corrected chi connectivity index (χ4v) is 4.67. The van der Waals surface area contributed by atoms with Crippen LogP contribution >= 0.6 is 11.6 Å². The summed E-state index contributed by atoms with van der Waals surface area (Å²) >= 11 is 5.82. The van der Waals surface area contributed by atoms with Crippen molar-refractivity contribution in [3.8, 4) is 0 Å². The quantitative estimate of drug-likeness (QED) is 0.405. The highest BCUT2D eigenvalue weighted by atomic mass is 35.5. The van der Waals surface area contributed by atoms with Gasteiger partial charge in [0.15, 0.2) is 0 Å². The van der Waals surface area contributed by atoms with E-state index in [0.717, 1.165) is 35.1 Å². The van der Waals surface area contributed by atoms with Gasteiger partial charge in [-0.3, -0.25) is 4.79 Å². The van der Waals surface area contributed by atoms with Crippen LogP contribution in [0.5, 0.6) is 0 Å². The molecule has 0 radical (unpaired) electrons. The monoisotopic (exact) mass is 489 g/mol. The molecule has 33 heavy (non-hydrogen) atoms. The summed E-state index contributed by atoms with van der Waals surface area (Å²) in [6.07, 6.45) is 2.25. The molecule has 0 unspecified atom stereocenters. The number of carboxylic acids is 1. The molecule has 0 fully saturated rings. The average molecular weight is 490 g/mol. The lowest BCUT2D eigenvalue weighted by Crippen LogP contribution is -2.26. The first-order valence-electron chi connectivity index (χ1n) is 10.5. The fourth-order valence-electron chi connectivity index (χ4n) is 3.51. The molecular formula is C25H25ClFNO4S. The van der Waals surface area contributed by atoms with Gasteiger partial charge in [0.2, 0.25) is 10.0 Å². The molecule has 0 spiro atoms. The SMILES string of the molecule is O=C(O)CCc1cc(CCc2ccc(F)cc2)ccc1CCNS(=O)(=O)c1ccc(Cl)cc1. The zero-order valence-electron chi connectivity index (χ0n) is 17.9. The van der Waals surface area contributed by atoms with Crippen LogP contribution in [0.1, 0.15) is 28.7 Å². The van der Waals surface area contributed by atoms with Crippen molar-refractivity contribution in [3.05, 3.63) is 99.8 Å². The van der Waals surface area contributed by atoms with Crippen molar-refractivity contribution < 1.29 is 22.7 Å². The van der Waals surface area contributed by atoms with Crippen LogP contribution in [-0.4, -0.2) is 26.0 Å². The second kappa shape index (κ2) is 11.4. The van der Waals surface area contributed by atoms with Gasteiger partial charge in [-0.15, -0.1) is 0 Å². The van der Waals surface area contributed by atoms with Gasteiger partial charge in [-0.05, 0) is 84.3 Å². The van der Waals surface area contributed by atoms with Crippen molar-refractivity contribution in [1.29, 1.82) is 0 Å². The lowest BCUT2D eigenvalue weighted by Gasteiger charge is -2.13. The molecular weight excluding hydrogens is 465 g/mol. The molecule has 0 heterocycles. The maximum absolute atomic E-state index is 13.1. The molecule has 0 aliphatic heterocycles. The largest absolute Gasteiger partial charge is 0.481 e. The molecule has 0 bridgehead atoms. The van der Waals surface area contributed by atoms with E-state index in [0.29, 0.717) is 17.9 Å². The smallest absolute Gasteiger partial charge is 0.303 e. The fraction of sp³-hybridized carbons (Fsp3) is 0.240. The first-order chi connectivity index (χ1) is 15.7. The van der Waals surface area contributed by atoms with Crippen molar-refractivity contribution in [2.45, 2.75) is 37.0 Å². The molecule has 0 aromatic heterocycles. The van der Waals surface area contributed by atoms with E-state index in [2.05, 4.69) is 4.72 Å². The molecule has 5 nitrogen and oxygen atoms in total. The first-order valence-corrected chi connectivity index (χ1v) is 12.4. The standard InChI is InChI=1S/C25H25ClFNO4S/c26-22-8-12-24(13-9-22)33(31,32)28-16-15-20-6-3-19(17-21(20)7-14-25(29)30)2-1-18-4-10-23(27)11-5-18/h3-6,8-13,17,28H,1-2,7,14-16H2,(H,29,30). The Labute approximate surface area is 198 Å². The van der Waals surface area contributed by atoms with Crippen molar-refractivity contribution >= 4 is 27.6 Å². The van der Waals surface area contributed by atoms with Crippen LogP contribution in [0.2, 0.25) is 5.02 Å². The van der Waals surface area contributed by atoms with Gasteiger partial charge < -0.3 is 5.11 Å². The minimum Gasteiger partial charge on any atom is -0.481 e. The van der Waals surface area contributed by atoms with Crippen LogP contribution in [0.25, 0.3) is 0 Å². The molecule has 174 valence electrons. The van der Waals surface area contributed by atoms with E-state index in [9.17, 15) is 17.6 Å². The van der Waals surface area contributed by atoms with Gasteiger partial charge in [0.05, 0.1) is 4.90 Å². The van der Waals surface area contributed by atoms with Gasteiger partial charge in [-0.25, -0.2) is 17.5 Å². The molecule has 3 aromatic carbocycles. The van der Waals surface area contributed by atoms with Crippen LogP contribution in [0.4, 0.5) is 4.39 Å². The van der Waals surface area contributed by atoms with Gasteiger partial charge >= 0.3 is 5.97 Å². The van der Waals surface area contributed by atoms with Crippen molar-refractivity contribution in [2.24, 2.45) is 0 Å². The Morgan fingerprint density at radius 1 is 0.848 bits per heavy atom. The van der Waals surface area contributed by atoms with Crippen LogP contribution in [-0.2, 0) is 40.5 Å². The summed E-state index contributed by atoms with van der Waals surface area (Å²) in [4.78, 5) is 11.2. The maximum Gasteiger partial charge on any atom is 0.303 e. The third kappa shape index (κ3) is 7.67. The van der Waals surface area contributed by atoms with E-state index < -0.39 is 16.0 Å². The summed E-state index contributed by atoms with van der Waals surface area (Å²) in [7, 11) is -3.67. The lowest BCUT2D eigenvalue weighted by atomic mass is 9.95. The number of nitrogens with one attached hydrogen (secondary N) is 1. The van der Waals surface area contributed by atoms with Gasteiger partial charge in [-0.1, -0.05) is 41.9 Å². The number of carbonyl (C=O) groups is 1. The number of hydrogen-bond acceptors (Lipinski definition) is 3. The van der Waals surface area contributed by atoms with Gasteiger partial charge in [0, 0.05) is 18.0 Å². The average Bonchev–Trinajstić information content (AvgIpc) is 2.78. The Kier molecular flexibility index (Phi) is 8.61. The topological polar surface area (TPSA) is 83.5 Å². The van der Waals surface area contributed by atoms with Gasteiger partial charge in [-0.2, -0.15) is 0 Å². The number of hydrogen-bond donors (Lipinski definition) is 2. The predicted octanol–water partition coefficient (Wildman–Crippen LogP) is 4.80. The predicted molar refractivity (Wildman–Crippen MR) is 127 cm³/mol. The minimum atomic E-state index is -3.67. The number of aryl methyl sites for hydroxylation is 3. The summed E-state index contributed by atoms with van der Waals surface area (Å²) < 4.78 is 40.6. The molecule has 0 aliphatic rings. The Morgan fingerprint density at radius 3 is 2.15 bits per heavy atom. The Hall–Kier alpha value is -2.74. The second-order valence-corrected chi connectivity index (χ2v) is 9.93. The zero-order valence-corrected chi connectivity index (χ0v) is 19.5. The molecule has 0 atom stereocenters. The normalized spacial score (nSPS) is 11.5. The van der Waals surface area contributed by atoms with E-state index in [1.165, 1.54) is 36.4 Å². The second-order valence-electron chi connectivity index (χ2n) is 7.72. The number of rotatable bonds is 11. The van der Waals surface area contributed by atoms with Crippen LogP contribution in [0.15, 0.2) is 71.6 Å². The molecule has 3 aromatic rings. The summed E-state index contributed by atoms with van der Waals surface area (Å²) in [6.45, 7) is 0.181. The van der Waals surface area contributed by atoms with Crippen molar-refractivity contribution in [2.75, 3.05) is 6.54 Å². The Bertz CT molecular complexity index is 1200. The third-order valence-electron chi connectivity index (χ3n) is 5.30. The number of aliphatic carboxylic acids is 1. The molecule has 0 saturated heterocycles. The highest BCUT2D eigenvalue weighted by Gasteiger charge is 2.14. The zero-order chi connectivity index (χ0) is 23.8. The van der Waals surface area contributed by atoms with E-state index >= 15 is 0 Å². The highest BCUT2D eigenvalue weighted by molar-refractivity contribution is 7.89. The first kappa shape index (κ1) is 24.9. The Morgan fingerprint density at radius 2 is 1.48 bits per heavy atom. The number of halogens is 2. The summed E-state index contributed by atoms with van der Waals surface area (Å²) in [5, 5.41) is 9.56.